The van der Waals surface area contributed by atoms with E-state index in [4.69, 9.17) is 11.6 Å². The molecule has 0 amide bonds. The van der Waals surface area contributed by atoms with Gasteiger partial charge in [-0.05, 0) is 24.5 Å². The van der Waals surface area contributed by atoms with Crippen LogP contribution in [0, 0.1) is 0 Å². The minimum atomic E-state index is -0.157. The van der Waals surface area contributed by atoms with E-state index in [0.29, 0.717) is 0 Å². The molecule has 1 unspecified atom stereocenters. The molecule has 1 saturated carbocycles. The topological polar surface area (TPSA) is 0 Å². The third kappa shape index (κ3) is 1.51. The maximum absolute atomic E-state index is 6.63. The normalized spacial score (nSPS) is 25.5. The number of benzene rings is 2. The fourth-order valence-corrected chi connectivity index (χ4v) is 3.29. The molecular formula is C16H15Cl. The zero-order valence-electron chi connectivity index (χ0n) is 9.86. The van der Waals surface area contributed by atoms with Crippen molar-refractivity contribution >= 4 is 11.6 Å². The molecular weight excluding hydrogens is 228 g/mol. The van der Waals surface area contributed by atoms with Crippen molar-refractivity contribution in [1.29, 1.82) is 0 Å². The van der Waals surface area contributed by atoms with Crippen molar-refractivity contribution in [2.75, 3.05) is 0 Å². The molecule has 17 heavy (non-hydrogen) atoms. The van der Waals surface area contributed by atoms with Gasteiger partial charge in [0.1, 0.15) is 0 Å². The van der Waals surface area contributed by atoms with Gasteiger partial charge in [-0.15, -0.1) is 11.6 Å². The fraction of sp³-hybridized carbons (Fsp3) is 0.250. The Bertz CT molecular complexity index is 474. The fourth-order valence-electron chi connectivity index (χ4n) is 2.87. The number of alkyl halides is 1. The Balaban J connectivity index is 2.15. The maximum atomic E-state index is 6.63. The Morgan fingerprint density at radius 2 is 1.18 bits per heavy atom. The summed E-state index contributed by atoms with van der Waals surface area (Å²) in [5.41, 5.74) is 2.64. The number of hydrogen-bond donors (Lipinski definition) is 0. The second-order valence-electron chi connectivity index (χ2n) is 5.01. The molecule has 0 aromatic heterocycles. The van der Waals surface area contributed by atoms with Gasteiger partial charge in [0.2, 0.25) is 0 Å². The van der Waals surface area contributed by atoms with Crippen LogP contribution in [0.1, 0.15) is 24.5 Å². The van der Waals surface area contributed by atoms with Crippen LogP contribution < -0.4 is 0 Å². The molecule has 1 aliphatic rings. The lowest BCUT2D eigenvalue weighted by atomic mass is 9.86. The van der Waals surface area contributed by atoms with Gasteiger partial charge in [0.15, 0.2) is 0 Å². The first-order valence-corrected chi connectivity index (χ1v) is 6.35. The molecule has 86 valence electrons. The first-order chi connectivity index (χ1) is 8.17. The number of hydrogen-bond acceptors (Lipinski definition) is 0. The molecule has 0 aliphatic heterocycles. The summed E-state index contributed by atoms with van der Waals surface area (Å²) in [6.07, 6.45) is 1.01. The van der Waals surface area contributed by atoms with E-state index in [1.165, 1.54) is 11.1 Å². The summed E-state index contributed by atoms with van der Waals surface area (Å²) in [6, 6.07) is 21.2. The molecule has 0 heterocycles. The standard InChI is InChI=1S/C16H15Cl/c1-15(17)12-16(15,13-8-4-2-5-9-13)14-10-6-3-7-11-14/h2-11H,12H2,1H3. The Morgan fingerprint density at radius 1 is 0.824 bits per heavy atom. The van der Waals surface area contributed by atoms with Crippen molar-refractivity contribution in [2.45, 2.75) is 23.6 Å². The van der Waals surface area contributed by atoms with E-state index in [2.05, 4.69) is 67.6 Å². The number of halogens is 1. The first kappa shape index (κ1) is 10.9. The zero-order chi connectivity index (χ0) is 11.9. The molecule has 0 radical (unpaired) electrons. The molecule has 0 saturated heterocycles. The molecule has 1 fully saturated rings. The molecule has 2 aromatic rings. The van der Waals surface area contributed by atoms with Crippen LogP contribution in [0.15, 0.2) is 60.7 Å². The highest BCUT2D eigenvalue weighted by atomic mass is 35.5. The van der Waals surface area contributed by atoms with Crippen molar-refractivity contribution in [3.05, 3.63) is 71.8 Å². The van der Waals surface area contributed by atoms with Gasteiger partial charge in [-0.2, -0.15) is 0 Å². The van der Waals surface area contributed by atoms with Crippen LogP contribution in [-0.4, -0.2) is 4.87 Å². The van der Waals surface area contributed by atoms with E-state index in [-0.39, 0.29) is 10.3 Å². The highest BCUT2D eigenvalue weighted by Gasteiger charge is 2.65. The van der Waals surface area contributed by atoms with Crippen molar-refractivity contribution in [2.24, 2.45) is 0 Å². The van der Waals surface area contributed by atoms with E-state index in [0.717, 1.165) is 6.42 Å². The van der Waals surface area contributed by atoms with Gasteiger partial charge in [-0.3, -0.25) is 0 Å². The van der Waals surface area contributed by atoms with Gasteiger partial charge in [-0.1, -0.05) is 60.7 Å². The van der Waals surface area contributed by atoms with Gasteiger partial charge in [-0.25, -0.2) is 0 Å². The lowest BCUT2D eigenvalue weighted by Crippen LogP contribution is -2.18. The van der Waals surface area contributed by atoms with Gasteiger partial charge < -0.3 is 0 Å². The second kappa shape index (κ2) is 3.61. The maximum Gasteiger partial charge on any atom is 0.0568 e. The third-order valence-electron chi connectivity index (χ3n) is 3.90. The average molecular weight is 243 g/mol. The van der Waals surface area contributed by atoms with E-state index < -0.39 is 0 Å². The van der Waals surface area contributed by atoms with Crippen molar-refractivity contribution in [1.82, 2.24) is 0 Å². The van der Waals surface area contributed by atoms with Crippen molar-refractivity contribution in [3.63, 3.8) is 0 Å². The summed E-state index contributed by atoms with van der Waals surface area (Å²) >= 11 is 6.63. The minimum absolute atomic E-state index is 0.00290. The lowest BCUT2D eigenvalue weighted by molar-refractivity contribution is 0.773. The highest BCUT2D eigenvalue weighted by Crippen LogP contribution is 2.65. The molecule has 1 aliphatic carbocycles. The molecule has 1 atom stereocenters. The largest absolute Gasteiger partial charge is 0.118 e. The van der Waals surface area contributed by atoms with Crippen LogP contribution in [0.4, 0.5) is 0 Å². The summed E-state index contributed by atoms with van der Waals surface area (Å²) < 4.78 is 0. The van der Waals surface area contributed by atoms with Crippen LogP contribution in [0.3, 0.4) is 0 Å². The quantitative estimate of drug-likeness (QED) is 0.686. The first-order valence-electron chi connectivity index (χ1n) is 5.97. The Kier molecular flexibility index (Phi) is 2.31. The van der Waals surface area contributed by atoms with Crippen LogP contribution in [-0.2, 0) is 5.41 Å². The van der Waals surface area contributed by atoms with Crippen LogP contribution in [0.25, 0.3) is 0 Å². The minimum Gasteiger partial charge on any atom is -0.118 e. The summed E-state index contributed by atoms with van der Waals surface area (Å²) in [4.78, 5) is -0.157. The van der Waals surface area contributed by atoms with Crippen LogP contribution in [0.5, 0.6) is 0 Å². The van der Waals surface area contributed by atoms with Crippen molar-refractivity contribution < 1.29 is 0 Å². The number of rotatable bonds is 2. The molecule has 1 heteroatoms. The summed E-state index contributed by atoms with van der Waals surface area (Å²) in [6.45, 7) is 2.13. The van der Waals surface area contributed by atoms with E-state index in [9.17, 15) is 0 Å². The third-order valence-corrected chi connectivity index (χ3v) is 4.35. The van der Waals surface area contributed by atoms with Gasteiger partial charge >= 0.3 is 0 Å². The monoisotopic (exact) mass is 242 g/mol. The Labute approximate surface area is 107 Å². The molecule has 0 N–H and O–H groups in total. The average Bonchev–Trinajstić information content (AvgIpc) is 2.96. The lowest BCUT2D eigenvalue weighted by Gasteiger charge is -2.20. The summed E-state index contributed by atoms with van der Waals surface area (Å²) in [5, 5.41) is 0. The van der Waals surface area contributed by atoms with E-state index in [1.807, 2.05) is 0 Å². The Morgan fingerprint density at radius 3 is 1.47 bits per heavy atom. The highest BCUT2D eigenvalue weighted by molar-refractivity contribution is 6.27. The second-order valence-corrected chi connectivity index (χ2v) is 5.85. The van der Waals surface area contributed by atoms with Gasteiger partial charge in [0, 0.05) is 5.41 Å². The van der Waals surface area contributed by atoms with Crippen molar-refractivity contribution in [3.8, 4) is 0 Å². The van der Waals surface area contributed by atoms with E-state index in [1.54, 1.807) is 0 Å². The van der Waals surface area contributed by atoms with Gasteiger partial charge in [0.25, 0.3) is 0 Å². The molecule has 0 bridgehead atoms. The van der Waals surface area contributed by atoms with Crippen LogP contribution in [0.2, 0.25) is 0 Å². The molecule has 0 spiro atoms. The SMILES string of the molecule is CC1(Cl)CC1(c1ccccc1)c1ccccc1. The van der Waals surface area contributed by atoms with Gasteiger partial charge in [0.05, 0.1) is 4.87 Å². The van der Waals surface area contributed by atoms with Crippen LogP contribution >= 0.6 is 11.6 Å². The summed E-state index contributed by atoms with van der Waals surface area (Å²) in [7, 11) is 0. The van der Waals surface area contributed by atoms with E-state index >= 15 is 0 Å². The predicted molar refractivity (Wildman–Crippen MR) is 72.5 cm³/mol. The molecule has 0 nitrogen and oxygen atoms in total. The zero-order valence-corrected chi connectivity index (χ0v) is 10.6. The smallest absolute Gasteiger partial charge is 0.0568 e. The predicted octanol–water partition coefficient (Wildman–Crippen LogP) is 4.37. The molecule has 2 aromatic carbocycles. The summed E-state index contributed by atoms with van der Waals surface area (Å²) in [5.74, 6) is 0. The molecule has 3 rings (SSSR count). The Hall–Kier alpha value is -1.27.